The van der Waals surface area contributed by atoms with Gasteiger partial charge in [0.15, 0.2) is 0 Å². The molecule has 2 rings (SSSR count). The van der Waals surface area contributed by atoms with Crippen LogP contribution in [0.2, 0.25) is 0 Å². The number of hydrogen-bond acceptors (Lipinski definition) is 8. The first-order valence-electron chi connectivity index (χ1n) is 12.7. The highest BCUT2D eigenvalue weighted by Gasteiger charge is 2.25. The zero-order valence-corrected chi connectivity index (χ0v) is 22.9. The summed E-state index contributed by atoms with van der Waals surface area (Å²) in [6.45, 7) is -0.375. The number of nitrogens with two attached hydrogens (primary N) is 2. The summed E-state index contributed by atoms with van der Waals surface area (Å²) in [6, 6.07) is 12.7. The van der Waals surface area contributed by atoms with E-state index in [1.165, 1.54) is 0 Å². The van der Waals surface area contributed by atoms with Crippen LogP contribution in [0.5, 0.6) is 5.75 Å². The highest BCUT2D eigenvalue weighted by Crippen LogP contribution is 2.11. The zero-order valence-electron chi connectivity index (χ0n) is 22.0. The molecule has 216 valence electrons. The number of carbonyl (C=O) groups is 5. The number of amides is 5. The molecule has 40 heavy (non-hydrogen) atoms. The van der Waals surface area contributed by atoms with Crippen LogP contribution in [-0.2, 0) is 36.8 Å². The molecule has 5 amide bonds. The highest BCUT2D eigenvalue weighted by atomic mass is 32.1. The molecule has 0 bridgehead atoms. The van der Waals surface area contributed by atoms with Crippen molar-refractivity contribution in [2.75, 3.05) is 18.8 Å². The number of phenolic OH excluding ortho intramolecular Hbond substituents is 1. The van der Waals surface area contributed by atoms with Gasteiger partial charge in [-0.2, -0.15) is 12.6 Å². The van der Waals surface area contributed by atoms with Crippen molar-refractivity contribution in [1.82, 2.24) is 21.3 Å². The number of aromatic hydroxyl groups is 1. The Bertz CT molecular complexity index is 1150. The van der Waals surface area contributed by atoms with Gasteiger partial charge in [0.2, 0.25) is 29.5 Å². The lowest BCUT2D eigenvalue weighted by Crippen LogP contribution is -2.55. The van der Waals surface area contributed by atoms with Crippen LogP contribution in [0.3, 0.4) is 0 Å². The van der Waals surface area contributed by atoms with Crippen LogP contribution in [0.15, 0.2) is 54.6 Å². The first kappa shape index (κ1) is 32.1. The molecule has 0 heterocycles. The number of rotatable bonds is 16. The third kappa shape index (κ3) is 11.7. The van der Waals surface area contributed by atoms with Crippen LogP contribution in [0.25, 0.3) is 0 Å². The van der Waals surface area contributed by atoms with Gasteiger partial charge in [-0.15, -0.1) is 0 Å². The van der Waals surface area contributed by atoms with Crippen LogP contribution >= 0.6 is 12.6 Å². The van der Waals surface area contributed by atoms with Gasteiger partial charge in [-0.1, -0.05) is 42.5 Å². The molecule has 0 aliphatic rings. The Balaban J connectivity index is 1.77. The number of aryl methyl sites for hydroxylation is 1. The molecule has 0 aliphatic carbocycles. The van der Waals surface area contributed by atoms with Gasteiger partial charge in [0.05, 0.1) is 12.6 Å². The summed E-state index contributed by atoms with van der Waals surface area (Å²) in [5.41, 5.74) is 12.9. The van der Waals surface area contributed by atoms with Crippen LogP contribution in [0.4, 0.5) is 0 Å². The number of phenols is 1. The molecule has 0 fully saturated rings. The van der Waals surface area contributed by atoms with E-state index in [4.69, 9.17) is 11.5 Å². The highest BCUT2D eigenvalue weighted by molar-refractivity contribution is 7.80. The average molecular weight is 573 g/mol. The molecular weight excluding hydrogens is 536 g/mol. The van der Waals surface area contributed by atoms with Crippen molar-refractivity contribution in [2.45, 2.75) is 43.8 Å². The SMILES string of the molecule is NC(=O)[C@@H](CS)NC(=O)[C@H](Cc1ccccc1)NC(=O)CNC(=O)CCNC(=O)[C@@H](N)CCc1ccc(O)cc1. The maximum absolute atomic E-state index is 12.8. The predicted octanol–water partition coefficient (Wildman–Crippen LogP) is -1.10. The summed E-state index contributed by atoms with van der Waals surface area (Å²) in [5, 5.41) is 19.4. The van der Waals surface area contributed by atoms with E-state index in [2.05, 4.69) is 33.9 Å². The lowest BCUT2D eigenvalue weighted by atomic mass is 10.0. The second-order valence-electron chi connectivity index (χ2n) is 9.09. The van der Waals surface area contributed by atoms with Gasteiger partial charge in [-0.25, -0.2) is 0 Å². The van der Waals surface area contributed by atoms with Crippen molar-refractivity contribution >= 4 is 42.2 Å². The van der Waals surface area contributed by atoms with Crippen LogP contribution < -0.4 is 32.7 Å². The Morgan fingerprint density at radius 2 is 1.50 bits per heavy atom. The summed E-state index contributed by atoms with van der Waals surface area (Å²) >= 11 is 4.01. The van der Waals surface area contributed by atoms with E-state index in [1.807, 2.05) is 6.07 Å². The lowest BCUT2D eigenvalue weighted by molar-refractivity contribution is -0.131. The van der Waals surface area contributed by atoms with Crippen molar-refractivity contribution in [2.24, 2.45) is 11.5 Å². The number of primary amides is 1. The molecule has 0 unspecified atom stereocenters. The van der Waals surface area contributed by atoms with E-state index in [0.717, 1.165) is 11.1 Å². The molecule has 0 saturated carbocycles. The molecular formula is C27H36N6O6S. The third-order valence-corrected chi connectivity index (χ3v) is 6.26. The van der Waals surface area contributed by atoms with Gasteiger partial charge < -0.3 is 37.8 Å². The maximum atomic E-state index is 12.8. The Labute approximate surface area is 238 Å². The summed E-state index contributed by atoms with van der Waals surface area (Å²) in [4.78, 5) is 61.2. The fourth-order valence-corrected chi connectivity index (χ4v) is 3.87. The Hall–Kier alpha value is -4.10. The predicted molar refractivity (Wildman–Crippen MR) is 152 cm³/mol. The molecule has 2 aromatic carbocycles. The Morgan fingerprint density at radius 1 is 0.825 bits per heavy atom. The van der Waals surface area contributed by atoms with Crippen molar-refractivity contribution in [3.05, 3.63) is 65.7 Å². The minimum atomic E-state index is -1.03. The van der Waals surface area contributed by atoms with Crippen molar-refractivity contribution < 1.29 is 29.1 Å². The van der Waals surface area contributed by atoms with E-state index in [-0.39, 0.29) is 30.9 Å². The number of hydrogen-bond donors (Lipinski definition) is 8. The first-order chi connectivity index (χ1) is 19.1. The molecule has 0 aliphatic heterocycles. The van der Waals surface area contributed by atoms with E-state index >= 15 is 0 Å². The zero-order chi connectivity index (χ0) is 29.5. The molecule has 12 nitrogen and oxygen atoms in total. The lowest BCUT2D eigenvalue weighted by Gasteiger charge is -2.21. The molecule has 2 aromatic rings. The maximum Gasteiger partial charge on any atom is 0.243 e. The van der Waals surface area contributed by atoms with E-state index < -0.39 is 54.2 Å². The second-order valence-corrected chi connectivity index (χ2v) is 9.45. The van der Waals surface area contributed by atoms with Crippen molar-refractivity contribution in [3.63, 3.8) is 0 Å². The standard InChI is InChI=1S/C27H36N6O6S/c28-20(11-8-17-6-9-19(34)10-7-17)26(38)30-13-12-23(35)31-15-24(36)32-21(14-18-4-2-1-3-5-18)27(39)33-22(16-40)25(29)37/h1-7,9-10,20-22,34,40H,8,11-16,28H2,(H2,29,37)(H,30,38)(H,31,35)(H,32,36)(H,33,39)/t20-,21-,22+/m0/s1. The molecule has 13 heteroatoms. The summed E-state index contributed by atoms with van der Waals surface area (Å²) in [7, 11) is 0. The van der Waals surface area contributed by atoms with Gasteiger partial charge in [0.1, 0.15) is 17.8 Å². The third-order valence-electron chi connectivity index (χ3n) is 5.89. The first-order valence-corrected chi connectivity index (χ1v) is 13.3. The quantitative estimate of drug-likeness (QED) is 0.116. The number of benzene rings is 2. The summed E-state index contributed by atoms with van der Waals surface area (Å²) in [5.74, 6) is -2.75. The minimum Gasteiger partial charge on any atom is -0.508 e. The average Bonchev–Trinajstić information content (AvgIpc) is 2.94. The number of nitrogens with one attached hydrogen (secondary N) is 4. The smallest absolute Gasteiger partial charge is 0.243 e. The Kier molecular flexibility index (Phi) is 13.5. The summed E-state index contributed by atoms with van der Waals surface area (Å²) < 4.78 is 0. The van der Waals surface area contributed by atoms with Gasteiger partial charge in [0.25, 0.3) is 0 Å². The van der Waals surface area contributed by atoms with Gasteiger partial charge in [0, 0.05) is 25.1 Å². The number of thiol groups is 1. The molecule has 9 N–H and O–H groups in total. The normalized spacial score (nSPS) is 12.8. The van der Waals surface area contributed by atoms with Crippen molar-refractivity contribution in [1.29, 1.82) is 0 Å². The van der Waals surface area contributed by atoms with Gasteiger partial charge in [-0.3, -0.25) is 24.0 Å². The molecule has 0 spiro atoms. The molecule has 0 saturated heterocycles. The minimum absolute atomic E-state index is 0.0109. The van der Waals surface area contributed by atoms with Crippen molar-refractivity contribution in [3.8, 4) is 5.75 Å². The van der Waals surface area contributed by atoms with Crippen LogP contribution in [-0.4, -0.2) is 71.6 Å². The van der Waals surface area contributed by atoms with E-state index in [9.17, 15) is 29.1 Å². The topological polar surface area (TPSA) is 206 Å². The van der Waals surface area contributed by atoms with Gasteiger partial charge >= 0.3 is 0 Å². The van der Waals surface area contributed by atoms with Gasteiger partial charge in [-0.05, 0) is 36.1 Å². The second kappa shape index (κ2) is 16.8. The number of carbonyl (C=O) groups excluding carboxylic acids is 5. The van der Waals surface area contributed by atoms with E-state index in [1.54, 1.807) is 48.5 Å². The monoisotopic (exact) mass is 572 g/mol. The van der Waals surface area contributed by atoms with Crippen LogP contribution in [0, 0.1) is 0 Å². The molecule has 3 atom stereocenters. The largest absolute Gasteiger partial charge is 0.508 e. The summed E-state index contributed by atoms with van der Waals surface area (Å²) in [6.07, 6.45) is 0.990. The fraction of sp³-hybridized carbons (Fsp3) is 0.370. The molecule has 0 aromatic heterocycles. The van der Waals surface area contributed by atoms with Crippen LogP contribution in [0.1, 0.15) is 24.0 Å². The molecule has 0 radical (unpaired) electrons. The fourth-order valence-electron chi connectivity index (χ4n) is 3.60. The van der Waals surface area contributed by atoms with E-state index in [0.29, 0.717) is 12.8 Å². The Morgan fingerprint density at radius 3 is 2.12 bits per heavy atom.